The molecule has 0 atom stereocenters. The third-order valence-corrected chi connectivity index (χ3v) is 21.9. The number of hydrogen-bond acceptors (Lipinski definition) is 9. The van der Waals surface area contributed by atoms with Gasteiger partial charge in [-0.25, -0.2) is 0 Å². The standard InChI is InChI=1S/C40H60O9Si2/c1-22(2)44-32-20-35(45-29(15)41)37-36(21-32)47-39(40(38(37)43)46-30(16)42)31-17-18-33(48-50(23(3)4,24(5)6)25(7)8)34(19-31)49-51(26(9)10,27(11)12)28(13)14/h17-28H,1-16H3. The number of hydrogen-bond donors (Lipinski definition) is 0. The average Bonchev–Trinajstić information content (AvgIpc) is 2.98. The van der Waals surface area contributed by atoms with E-state index in [2.05, 4.69) is 83.1 Å². The molecule has 51 heavy (non-hydrogen) atoms. The number of carbonyl (C=O) groups is 2. The van der Waals surface area contributed by atoms with Gasteiger partial charge in [0.2, 0.25) is 11.2 Å². The zero-order valence-corrected chi connectivity index (χ0v) is 35.6. The largest absolute Gasteiger partial charge is 0.540 e. The molecule has 0 fully saturated rings. The van der Waals surface area contributed by atoms with Gasteiger partial charge >= 0.3 is 11.9 Å². The van der Waals surface area contributed by atoms with Crippen LogP contribution in [-0.2, 0) is 9.59 Å². The zero-order valence-electron chi connectivity index (χ0n) is 33.6. The highest BCUT2D eigenvalue weighted by atomic mass is 28.4. The summed E-state index contributed by atoms with van der Waals surface area (Å²) >= 11 is 0. The highest BCUT2D eigenvalue weighted by Crippen LogP contribution is 2.50. The van der Waals surface area contributed by atoms with Crippen molar-refractivity contribution < 1.29 is 37.1 Å². The molecule has 0 bridgehead atoms. The molecule has 2 aromatic carbocycles. The Labute approximate surface area is 306 Å². The van der Waals surface area contributed by atoms with Gasteiger partial charge in [-0.2, -0.15) is 0 Å². The second-order valence-electron chi connectivity index (χ2n) is 15.7. The van der Waals surface area contributed by atoms with Crippen LogP contribution in [0.25, 0.3) is 22.3 Å². The highest BCUT2D eigenvalue weighted by Gasteiger charge is 2.50. The maximum atomic E-state index is 14.2. The number of benzene rings is 2. The van der Waals surface area contributed by atoms with E-state index in [0.717, 1.165) is 0 Å². The lowest BCUT2D eigenvalue weighted by Gasteiger charge is -2.45. The van der Waals surface area contributed by atoms with E-state index < -0.39 is 34.0 Å². The van der Waals surface area contributed by atoms with Gasteiger partial charge in [0.05, 0.1) is 6.10 Å². The van der Waals surface area contributed by atoms with Crippen molar-refractivity contribution in [3.8, 4) is 40.1 Å². The molecule has 0 aliphatic carbocycles. The summed E-state index contributed by atoms with van der Waals surface area (Å²) in [5.74, 6) is -0.127. The van der Waals surface area contributed by atoms with E-state index in [1.807, 2.05) is 32.0 Å². The molecular formula is C40H60O9Si2. The second kappa shape index (κ2) is 16.4. The molecule has 11 heteroatoms. The van der Waals surface area contributed by atoms with Crippen LogP contribution in [0, 0.1) is 0 Å². The second-order valence-corrected chi connectivity index (χ2v) is 26.5. The van der Waals surface area contributed by atoms with Crippen LogP contribution in [0.3, 0.4) is 0 Å². The molecule has 1 aromatic heterocycles. The third-order valence-electron chi connectivity index (χ3n) is 9.96. The van der Waals surface area contributed by atoms with E-state index in [-0.39, 0.29) is 51.0 Å². The fourth-order valence-corrected chi connectivity index (χ4v) is 18.7. The maximum absolute atomic E-state index is 14.2. The Kier molecular flexibility index (Phi) is 13.5. The van der Waals surface area contributed by atoms with Gasteiger partial charge in [-0.05, 0) is 65.3 Å². The molecular weight excluding hydrogens is 681 g/mol. The first-order valence-corrected chi connectivity index (χ1v) is 22.6. The van der Waals surface area contributed by atoms with Crippen molar-refractivity contribution in [3.63, 3.8) is 0 Å². The average molecular weight is 741 g/mol. The van der Waals surface area contributed by atoms with Gasteiger partial charge < -0.3 is 27.5 Å². The fraction of sp³-hybridized carbons (Fsp3) is 0.575. The van der Waals surface area contributed by atoms with Crippen LogP contribution in [0.5, 0.6) is 28.7 Å². The summed E-state index contributed by atoms with van der Waals surface area (Å²) in [4.78, 5) is 38.8. The number of esters is 2. The molecule has 0 spiro atoms. The van der Waals surface area contributed by atoms with Crippen molar-refractivity contribution in [2.75, 3.05) is 0 Å². The minimum absolute atomic E-state index is 0.0283. The Morgan fingerprint density at radius 3 is 1.51 bits per heavy atom. The summed E-state index contributed by atoms with van der Waals surface area (Å²) in [7, 11) is -4.96. The molecule has 0 saturated carbocycles. The van der Waals surface area contributed by atoms with Gasteiger partial charge in [0.1, 0.15) is 34.0 Å². The first kappa shape index (κ1) is 41.8. The first-order valence-electron chi connectivity index (χ1n) is 18.3. The van der Waals surface area contributed by atoms with E-state index in [1.54, 1.807) is 6.07 Å². The van der Waals surface area contributed by atoms with Crippen molar-refractivity contribution in [3.05, 3.63) is 40.6 Å². The summed E-state index contributed by atoms with van der Waals surface area (Å²) in [6, 6.07) is 8.58. The molecule has 0 unspecified atom stereocenters. The monoisotopic (exact) mass is 740 g/mol. The molecule has 3 rings (SSSR count). The number of ether oxygens (including phenoxy) is 3. The number of carbonyl (C=O) groups excluding carboxylic acids is 2. The van der Waals surface area contributed by atoms with Gasteiger partial charge in [0.25, 0.3) is 16.6 Å². The molecule has 9 nitrogen and oxygen atoms in total. The zero-order chi connectivity index (χ0) is 38.7. The van der Waals surface area contributed by atoms with Crippen molar-refractivity contribution >= 4 is 39.5 Å². The van der Waals surface area contributed by atoms with Crippen molar-refractivity contribution in [2.45, 2.75) is 150 Å². The molecule has 0 radical (unpaired) electrons. The lowest BCUT2D eigenvalue weighted by atomic mass is 10.1. The Balaban J connectivity index is 2.51. The minimum atomic E-state index is -2.53. The van der Waals surface area contributed by atoms with Crippen LogP contribution in [0.4, 0.5) is 0 Å². The molecule has 3 aromatic rings. The minimum Gasteiger partial charge on any atom is -0.540 e. The van der Waals surface area contributed by atoms with Crippen LogP contribution < -0.4 is 28.5 Å². The van der Waals surface area contributed by atoms with Crippen molar-refractivity contribution in [1.82, 2.24) is 0 Å². The van der Waals surface area contributed by atoms with Crippen LogP contribution in [0.15, 0.2) is 39.5 Å². The predicted molar refractivity (Wildman–Crippen MR) is 210 cm³/mol. The molecule has 0 N–H and O–H groups in total. The van der Waals surface area contributed by atoms with E-state index in [4.69, 9.17) is 27.5 Å². The van der Waals surface area contributed by atoms with Gasteiger partial charge in [-0.15, -0.1) is 0 Å². The smallest absolute Gasteiger partial charge is 0.308 e. The Bertz CT molecular complexity index is 1730. The predicted octanol–water partition coefficient (Wildman–Crippen LogP) is 11.2. The van der Waals surface area contributed by atoms with Crippen molar-refractivity contribution in [1.29, 1.82) is 0 Å². The molecule has 0 amide bonds. The number of rotatable bonds is 15. The number of fused-ring (bicyclic) bond motifs is 1. The SMILES string of the molecule is CC(=O)Oc1c(-c2ccc(O[Si](C(C)C)(C(C)C)C(C)C)c(O[Si](C(C)C)(C(C)C)C(C)C)c2)oc2cc(OC(C)C)cc(OC(C)=O)c2c1=O. The van der Waals surface area contributed by atoms with Crippen LogP contribution in [0.2, 0.25) is 33.2 Å². The molecule has 282 valence electrons. The van der Waals surface area contributed by atoms with Gasteiger partial charge in [-0.3, -0.25) is 14.4 Å². The Morgan fingerprint density at radius 1 is 0.608 bits per heavy atom. The van der Waals surface area contributed by atoms with Crippen molar-refractivity contribution in [2.24, 2.45) is 0 Å². The van der Waals surface area contributed by atoms with Crippen LogP contribution in [0.1, 0.15) is 111 Å². The van der Waals surface area contributed by atoms with Gasteiger partial charge in [0.15, 0.2) is 5.76 Å². The topological polar surface area (TPSA) is 110 Å². The lowest BCUT2D eigenvalue weighted by molar-refractivity contribution is -0.133. The first-order chi connectivity index (χ1) is 23.6. The Morgan fingerprint density at radius 2 is 1.08 bits per heavy atom. The summed E-state index contributed by atoms with van der Waals surface area (Å²) in [5, 5.41) is -0.0508. The lowest BCUT2D eigenvalue weighted by Crippen LogP contribution is -2.52. The van der Waals surface area contributed by atoms with Crippen LogP contribution >= 0.6 is 0 Å². The quantitative estimate of drug-likeness (QED) is 0.0854. The van der Waals surface area contributed by atoms with E-state index in [1.165, 1.54) is 19.9 Å². The van der Waals surface area contributed by atoms with Crippen LogP contribution in [-0.4, -0.2) is 34.7 Å². The summed E-state index contributed by atoms with van der Waals surface area (Å²) in [5.41, 5.74) is 1.64. The van der Waals surface area contributed by atoms with E-state index in [9.17, 15) is 14.4 Å². The third kappa shape index (κ3) is 8.57. The van der Waals surface area contributed by atoms with Gasteiger partial charge in [0, 0.05) is 31.5 Å². The normalized spacial score (nSPS) is 12.6. The van der Waals surface area contributed by atoms with Gasteiger partial charge in [-0.1, -0.05) is 83.1 Å². The molecule has 0 saturated heterocycles. The Hall–Kier alpha value is -3.58. The molecule has 1 heterocycles. The molecule has 0 aliphatic heterocycles. The summed E-state index contributed by atoms with van der Waals surface area (Å²) in [6.07, 6.45) is -0.211. The summed E-state index contributed by atoms with van der Waals surface area (Å²) < 4.78 is 38.1. The fourth-order valence-electron chi connectivity index (χ4n) is 8.15. The van der Waals surface area contributed by atoms with E-state index in [0.29, 0.717) is 39.4 Å². The highest BCUT2D eigenvalue weighted by molar-refractivity contribution is 6.79. The maximum Gasteiger partial charge on any atom is 0.308 e. The summed E-state index contributed by atoms with van der Waals surface area (Å²) in [6.45, 7) is 33.0. The van der Waals surface area contributed by atoms with E-state index >= 15 is 0 Å². The molecule has 0 aliphatic rings.